The summed E-state index contributed by atoms with van der Waals surface area (Å²) in [5, 5.41) is 0. The van der Waals surface area contributed by atoms with Gasteiger partial charge in [0.15, 0.2) is 0 Å². The minimum atomic E-state index is 0.299. The average molecular weight is 245 g/mol. The van der Waals surface area contributed by atoms with Gasteiger partial charge in [0.05, 0.1) is 0 Å². The Bertz CT molecular complexity index is 340. The van der Waals surface area contributed by atoms with Crippen LogP contribution >= 0.6 is 0 Å². The summed E-state index contributed by atoms with van der Waals surface area (Å²) in [4.78, 5) is 2.75. The van der Waals surface area contributed by atoms with Crippen molar-refractivity contribution < 1.29 is 0 Å². The predicted molar refractivity (Wildman–Crippen MR) is 78.7 cm³/mol. The molecule has 1 fully saturated rings. The third-order valence-corrected chi connectivity index (χ3v) is 4.55. The number of rotatable bonds is 6. The lowest BCUT2D eigenvalue weighted by Gasteiger charge is -2.42. The van der Waals surface area contributed by atoms with Gasteiger partial charge in [-0.25, -0.2) is 0 Å². The molecule has 0 bridgehead atoms. The van der Waals surface area contributed by atoms with Crippen molar-refractivity contribution in [1.82, 2.24) is 4.90 Å². The molecule has 0 saturated carbocycles. The maximum absolute atomic E-state index is 2.75. The molecule has 1 atom stereocenters. The molecule has 1 unspecified atom stereocenters. The van der Waals surface area contributed by atoms with Gasteiger partial charge in [0.25, 0.3) is 0 Å². The minimum Gasteiger partial charge on any atom is -0.294 e. The third kappa shape index (κ3) is 2.61. The average Bonchev–Trinajstić information content (AvgIpc) is 2.96. The molecule has 1 aliphatic heterocycles. The van der Waals surface area contributed by atoms with Crippen molar-refractivity contribution in [3.8, 4) is 0 Å². The Balaban J connectivity index is 2.30. The molecule has 1 heteroatoms. The number of unbranched alkanes of at least 4 members (excludes halogenated alkanes) is 1. The van der Waals surface area contributed by atoms with Gasteiger partial charge in [-0.05, 0) is 44.3 Å². The maximum atomic E-state index is 2.75. The molecule has 1 nitrogen and oxygen atoms in total. The fourth-order valence-corrected chi connectivity index (χ4v) is 3.45. The fraction of sp³-hybridized carbons (Fsp3) is 0.647. The van der Waals surface area contributed by atoms with E-state index in [0.29, 0.717) is 5.54 Å². The Kier molecular flexibility index (Phi) is 4.82. The summed E-state index contributed by atoms with van der Waals surface area (Å²) in [6.07, 6.45) is 7.92. The van der Waals surface area contributed by atoms with Gasteiger partial charge >= 0.3 is 0 Å². The zero-order valence-electron chi connectivity index (χ0n) is 12.0. The highest BCUT2D eigenvalue weighted by Crippen LogP contribution is 2.39. The van der Waals surface area contributed by atoms with E-state index in [4.69, 9.17) is 0 Å². The van der Waals surface area contributed by atoms with Crippen LogP contribution in [0.3, 0.4) is 0 Å². The van der Waals surface area contributed by atoms with Crippen molar-refractivity contribution in [3.63, 3.8) is 0 Å². The zero-order chi connectivity index (χ0) is 12.8. The Labute approximate surface area is 112 Å². The number of benzene rings is 1. The normalized spacial score (nSPS) is 19.9. The van der Waals surface area contributed by atoms with Crippen LogP contribution in [-0.2, 0) is 5.54 Å². The molecule has 0 spiro atoms. The summed E-state index contributed by atoms with van der Waals surface area (Å²) in [7, 11) is 0. The summed E-state index contributed by atoms with van der Waals surface area (Å²) in [6, 6.07) is 11.2. The van der Waals surface area contributed by atoms with Crippen molar-refractivity contribution in [1.29, 1.82) is 0 Å². The first-order chi connectivity index (χ1) is 8.83. The first-order valence-corrected chi connectivity index (χ1v) is 7.64. The first kappa shape index (κ1) is 13.6. The van der Waals surface area contributed by atoms with Crippen molar-refractivity contribution in [2.75, 3.05) is 13.1 Å². The number of hydrogen-bond acceptors (Lipinski definition) is 1. The molecular formula is C17H27N. The highest BCUT2D eigenvalue weighted by Gasteiger charge is 2.37. The minimum absolute atomic E-state index is 0.299. The molecule has 2 rings (SSSR count). The van der Waals surface area contributed by atoms with E-state index in [1.54, 1.807) is 0 Å². The zero-order valence-corrected chi connectivity index (χ0v) is 12.0. The van der Waals surface area contributed by atoms with E-state index >= 15 is 0 Å². The van der Waals surface area contributed by atoms with E-state index in [9.17, 15) is 0 Å². The van der Waals surface area contributed by atoms with Crippen LogP contribution in [0.2, 0.25) is 0 Å². The van der Waals surface area contributed by atoms with Gasteiger partial charge in [-0.3, -0.25) is 4.90 Å². The van der Waals surface area contributed by atoms with E-state index in [1.807, 2.05) is 0 Å². The molecule has 0 radical (unpaired) electrons. The number of likely N-dealkylation sites (tertiary alicyclic amines) is 1. The summed E-state index contributed by atoms with van der Waals surface area (Å²) in [5.74, 6) is 0. The van der Waals surface area contributed by atoms with Crippen LogP contribution in [-0.4, -0.2) is 18.0 Å². The lowest BCUT2D eigenvalue weighted by Crippen LogP contribution is -2.44. The van der Waals surface area contributed by atoms with E-state index in [0.717, 1.165) is 0 Å². The Morgan fingerprint density at radius 1 is 1.06 bits per heavy atom. The van der Waals surface area contributed by atoms with Gasteiger partial charge in [0.1, 0.15) is 0 Å². The highest BCUT2D eigenvalue weighted by molar-refractivity contribution is 5.25. The molecule has 1 heterocycles. The van der Waals surface area contributed by atoms with Crippen molar-refractivity contribution in [2.45, 2.75) is 57.9 Å². The monoisotopic (exact) mass is 245 g/mol. The third-order valence-electron chi connectivity index (χ3n) is 4.55. The molecule has 100 valence electrons. The summed E-state index contributed by atoms with van der Waals surface area (Å²) >= 11 is 0. The second-order valence-electron chi connectivity index (χ2n) is 5.55. The molecule has 1 aliphatic rings. The van der Waals surface area contributed by atoms with Gasteiger partial charge in [0, 0.05) is 5.54 Å². The Morgan fingerprint density at radius 2 is 1.72 bits per heavy atom. The molecule has 0 amide bonds. The molecule has 0 N–H and O–H groups in total. The van der Waals surface area contributed by atoms with Gasteiger partial charge in [-0.1, -0.05) is 57.0 Å². The van der Waals surface area contributed by atoms with E-state index in [2.05, 4.69) is 49.1 Å². The van der Waals surface area contributed by atoms with E-state index in [1.165, 1.54) is 57.2 Å². The lowest BCUT2D eigenvalue weighted by molar-refractivity contribution is 0.0959. The van der Waals surface area contributed by atoms with Crippen molar-refractivity contribution >= 4 is 0 Å². The van der Waals surface area contributed by atoms with Crippen LogP contribution in [0.15, 0.2) is 30.3 Å². The van der Waals surface area contributed by atoms with Crippen LogP contribution < -0.4 is 0 Å². The Hall–Kier alpha value is -0.820. The van der Waals surface area contributed by atoms with Crippen LogP contribution in [0.1, 0.15) is 57.9 Å². The van der Waals surface area contributed by atoms with Crippen LogP contribution in [0.4, 0.5) is 0 Å². The summed E-state index contributed by atoms with van der Waals surface area (Å²) in [6.45, 7) is 7.23. The topological polar surface area (TPSA) is 3.24 Å². The fourth-order valence-electron chi connectivity index (χ4n) is 3.45. The SMILES string of the molecule is CCCCC(CC)(c1ccccc1)N1CCCC1. The van der Waals surface area contributed by atoms with Crippen LogP contribution in [0.5, 0.6) is 0 Å². The molecular weight excluding hydrogens is 218 g/mol. The smallest absolute Gasteiger partial charge is 0.0458 e. The summed E-state index contributed by atoms with van der Waals surface area (Å²) < 4.78 is 0. The Morgan fingerprint density at radius 3 is 2.28 bits per heavy atom. The second-order valence-corrected chi connectivity index (χ2v) is 5.55. The van der Waals surface area contributed by atoms with Gasteiger partial charge in [-0.15, -0.1) is 0 Å². The van der Waals surface area contributed by atoms with Crippen molar-refractivity contribution in [2.24, 2.45) is 0 Å². The standard InChI is InChI=1S/C17H27N/c1-3-5-13-17(4-2,18-14-9-10-15-18)16-11-7-6-8-12-16/h6-8,11-12H,3-5,9-10,13-15H2,1-2H3. The molecule has 18 heavy (non-hydrogen) atoms. The van der Waals surface area contributed by atoms with E-state index in [-0.39, 0.29) is 0 Å². The molecule has 0 aliphatic carbocycles. The highest BCUT2D eigenvalue weighted by atomic mass is 15.2. The van der Waals surface area contributed by atoms with Gasteiger partial charge < -0.3 is 0 Å². The summed E-state index contributed by atoms with van der Waals surface area (Å²) in [5.41, 5.74) is 1.83. The molecule has 1 aromatic carbocycles. The second kappa shape index (κ2) is 6.38. The maximum Gasteiger partial charge on any atom is 0.0458 e. The van der Waals surface area contributed by atoms with Crippen molar-refractivity contribution in [3.05, 3.63) is 35.9 Å². The van der Waals surface area contributed by atoms with Gasteiger partial charge in [-0.2, -0.15) is 0 Å². The van der Waals surface area contributed by atoms with E-state index < -0.39 is 0 Å². The van der Waals surface area contributed by atoms with Crippen LogP contribution in [0.25, 0.3) is 0 Å². The number of nitrogens with zero attached hydrogens (tertiary/aromatic N) is 1. The predicted octanol–water partition coefficient (Wildman–Crippen LogP) is 4.58. The lowest BCUT2D eigenvalue weighted by atomic mass is 9.81. The molecule has 1 aromatic rings. The van der Waals surface area contributed by atoms with Gasteiger partial charge in [0.2, 0.25) is 0 Å². The molecule has 0 aromatic heterocycles. The quantitative estimate of drug-likeness (QED) is 0.709. The molecule has 1 saturated heterocycles. The largest absolute Gasteiger partial charge is 0.294 e. The first-order valence-electron chi connectivity index (χ1n) is 7.64. The van der Waals surface area contributed by atoms with Crippen LogP contribution in [0, 0.1) is 0 Å². The number of hydrogen-bond donors (Lipinski definition) is 0.